The summed E-state index contributed by atoms with van der Waals surface area (Å²) in [4.78, 5) is 26.8. The molecular weight excluding hydrogens is 295 g/mol. The molecule has 0 unspecified atom stereocenters. The maximum Gasteiger partial charge on any atom is 0.329 e. The van der Waals surface area contributed by atoms with Crippen LogP contribution in [0.15, 0.2) is 33.9 Å². The Balaban J connectivity index is 2.51. The zero-order valence-corrected chi connectivity index (χ0v) is 12.4. The Morgan fingerprint density at radius 1 is 1.19 bits per heavy atom. The molecule has 0 bridgehead atoms. The summed E-state index contributed by atoms with van der Waals surface area (Å²) < 4.78 is 14.1. The van der Waals surface area contributed by atoms with Gasteiger partial charge in [0.15, 0.2) is 0 Å². The van der Waals surface area contributed by atoms with E-state index in [9.17, 15) is 14.0 Å². The van der Waals surface area contributed by atoms with Gasteiger partial charge in [-0.2, -0.15) is 0 Å². The van der Waals surface area contributed by atoms with Gasteiger partial charge in [0.05, 0.1) is 5.56 Å². The number of hydrogen-bond donors (Lipinski definition) is 1. The number of rotatable bonds is 5. The lowest BCUT2D eigenvalue weighted by Gasteiger charge is -2.09. The summed E-state index contributed by atoms with van der Waals surface area (Å²) in [5.41, 5.74) is -0.307. The number of aromatic amines is 1. The summed E-state index contributed by atoms with van der Waals surface area (Å²) in [6, 6.07) is 5.43. The van der Waals surface area contributed by atoms with Crippen molar-refractivity contribution in [2.45, 2.75) is 32.7 Å². The number of hydrogen-bond acceptors (Lipinski definition) is 2. The van der Waals surface area contributed by atoms with Gasteiger partial charge in [0.25, 0.3) is 5.56 Å². The minimum atomic E-state index is -0.521. The Kier molecular flexibility index (Phi) is 4.96. The lowest BCUT2D eigenvalue weighted by Crippen LogP contribution is -2.36. The SMILES string of the molecule is CCCCCn1c(=O)[nH]c(Cl)c(-c2ccc(F)cc2)c1=O. The van der Waals surface area contributed by atoms with Gasteiger partial charge in [0, 0.05) is 6.54 Å². The van der Waals surface area contributed by atoms with Gasteiger partial charge in [0.1, 0.15) is 11.0 Å². The van der Waals surface area contributed by atoms with Crippen molar-refractivity contribution in [2.24, 2.45) is 0 Å². The fourth-order valence-corrected chi connectivity index (χ4v) is 2.41. The van der Waals surface area contributed by atoms with E-state index in [4.69, 9.17) is 11.6 Å². The molecule has 1 heterocycles. The number of H-pyrrole nitrogens is 1. The van der Waals surface area contributed by atoms with E-state index in [0.29, 0.717) is 12.1 Å². The Labute approximate surface area is 126 Å². The van der Waals surface area contributed by atoms with Crippen LogP contribution < -0.4 is 11.2 Å². The predicted molar refractivity (Wildman–Crippen MR) is 81.3 cm³/mol. The van der Waals surface area contributed by atoms with Crippen LogP contribution in [0.1, 0.15) is 26.2 Å². The van der Waals surface area contributed by atoms with Crippen molar-refractivity contribution < 1.29 is 4.39 Å². The molecule has 2 aromatic rings. The second-order valence-corrected chi connectivity index (χ2v) is 5.17. The topological polar surface area (TPSA) is 54.9 Å². The van der Waals surface area contributed by atoms with E-state index in [1.165, 1.54) is 24.3 Å². The first kappa shape index (κ1) is 15.5. The molecule has 0 saturated carbocycles. The summed E-state index contributed by atoms with van der Waals surface area (Å²) in [5, 5.41) is -0.0247. The van der Waals surface area contributed by atoms with E-state index in [-0.39, 0.29) is 10.7 Å². The van der Waals surface area contributed by atoms with Crippen LogP contribution in [0.4, 0.5) is 4.39 Å². The standard InChI is InChI=1S/C15H16ClFN2O2/c1-2-3-4-9-19-14(20)12(13(16)18-15(19)21)10-5-7-11(17)8-6-10/h5-8H,2-4,9H2,1H3,(H,18,21). The molecule has 2 rings (SSSR count). The van der Waals surface area contributed by atoms with Crippen molar-refractivity contribution in [2.75, 3.05) is 0 Å². The van der Waals surface area contributed by atoms with E-state index >= 15 is 0 Å². The fraction of sp³-hybridized carbons (Fsp3) is 0.333. The quantitative estimate of drug-likeness (QED) is 0.681. The molecule has 0 atom stereocenters. The average molecular weight is 311 g/mol. The number of aromatic nitrogens is 2. The predicted octanol–water partition coefficient (Wildman–Crippen LogP) is 3.19. The van der Waals surface area contributed by atoms with Crippen molar-refractivity contribution in [1.29, 1.82) is 0 Å². The number of benzene rings is 1. The second-order valence-electron chi connectivity index (χ2n) is 4.79. The smallest absolute Gasteiger partial charge is 0.297 e. The Hall–Kier alpha value is -1.88. The summed E-state index contributed by atoms with van der Waals surface area (Å²) in [6.45, 7) is 2.38. The molecule has 0 spiro atoms. The first-order valence-corrected chi connectivity index (χ1v) is 7.21. The molecule has 1 N–H and O–H groups in total. The molecule has 0 aliphatic rings. The first-order chi connectivity index (χ1) is 10.0. The van der Waals surface area contributed by atoms with Crippen LogP contribution in [0.5, 0.6) is 0 Å². The van der Waals surface area contributed by atoms with Crippen LogP contribution >= 0.6 is 11.6 Å². The number of unbranched alkanes of at least 4 members (excludes halogenated alkanes) is 2. The maximum absolute atomic E-state index is 13.0. The van der Waals surface area contributed by atoms with Crippen LogP contribution in [0.25, 0.3) is 11.1 Å². The van der Waals surface area contributed by atoms with E-state index in [2.05, 4.69) is 4.98 Å². The van der Waals surface area contributed by atoms with Gasteiger partial charge in [-0.1, -0.05) is 43.5 Å². The van der Waals surface area contributed by atoms with Crippen LogP contribution in [-0.4, -0.2) is 9.55 Å². The van der Waals surface area contributed by atoms with Gasteiger partial charge < -0.3 is 0 Å². The van der Waals surface area contributed by atoms with Crippen LogP contribution in [-0.2, 0) is 6.54 Å². The van der Waals surface area contributed by atoms with Crippen molar-refractivity contribution in [3.63, 3.8) is 0 Å². The number of halogens is 2. The highest BCUT2D eigenvalue weighted by atomic mass is 35.5. The largest absolute Gasteiger partial charge is 0.329 e. The van der Waals surface area contributed by atoms with Gasteiger partial charge in [-0.15, -0.1) is 0 Å². The molecule has 21 heavy (non-hydrogen) atoms. The molecule has 0 amide bonds. The molecule has 6 heteroatoms. The first-order valence-electron chi connectivity index (χ1n) is 6.83. The lowest BCUT2D eigenvalue weighted by atomic mass is 10.1. The molecule has 0 fully saturated rings. The fourth-order valence-electron chi connectivity index (χ4n) is 2.13. The van der Waals surface area contributed by atoms with Crippen LogP contribution in [0, 0.1) is 5.82 Å². The molecular formula is C15H16ClFN2O2. The van der Waals surface area contributed by atoms with Gasteiger partial charge in [-0.05, 0) is 24.1 Å². The van der Waals surface area contributed by atoms with Gasteiger partial charge in [-0.3, -0.25) is 14.3 Å². The highest BCUT2D eigenvalue weighted by Gasteiger charge is 2.14. The van der Waals surface area contributed by atoms with Crippen LogP contribution in [0.3, 0.4) is 0 Å². The van der Waals surface area contributed by atoms with Gasteiger partial charge >= 0.3 is 5.69 Å². The third-order valence-electron chi connectivity index (χ3n) is 3.26. The normalized spacial score (nSPS) is 10.8. The minimum absolute atomic E-state index is 0.0247. The Morgan fingerprint density at radius 2 is 1.86 bits per heavy atom. The summed E-state index contributed by atoms with van der Waals surface area (Å²) in [5.74, 6) is -0.400. The van der Waals surface area contributed by atoms with Crippen LogP contribution in [0.2, 0.25) is 5.15 Å². The molecule has 1 aromatic carbocycles. The maximum atomic E-state index is 13.0. The third-order valence-corrected chi connectivity index (χ3v) is 3.54. The minimum Gasteiger partial charge on any atom is -0.297 e. The molecule has 0 aliphatic heterocycles. The summed E-state index contributed by atoms with van der Waals surface area (Å²) in [6.07, 6.45) is 2.66. The lowest BCUT2D eigenvalue weighted by molar-refractivity contribution is 0.564. The summed E-state index contributed by atoms with van der Waals surface area (Å²) >= 11 is 5.98. The van der Waals surface area contributed by atoms with Crippen molar-refractivity contribution in [3.8, 4) is 11.1 Å². The van der Waals surface area contributed by atoms with Crippen molar-refractivity contribution in [3.05, 3.63) is 56.1 Å². The average Bonchev–Trinajstić information content (AvgIpc) is 2.44. The van der Waals surface area contributed by atoms with E-state index in [1.807, 2.05) is 6.92 Å². The molecule has 112 valence electrons. The van der Waals surface area contributed by atoms with E-state index in [0.717, 1.165) is 23.8 Å². The van der Waals surface area contributed by atoms with Crippen molar-refractivity contribution >= 4 is 11.6 Å². The summed E-state index contributed by atoms with van der Waals surface area (Å²) in [7, 11) is 0. The highest BCUT2D eigenvalue weighted by molar-refractivity contribution is 6.32. The molecule has 0 radical (unpaired) electrons. The molecule has 0 aliphatic carbocycles. The molecule has 4 nitrogen and oxygen atoms in total. The number of nitrogens with zero attached hydrogens (tertiary/aromatic N) is 1. The Morgan fingerprint density at radius 3 is 2.48 bits per heavy atom. The highest BCUT2D eigenvalue weighted by Crippen LogP contribution is 2.21. The Bertz CT molecular complexity index is 735. The van der Waals surface area contributed by atoms with E-state index in [1.54, 1.807) is 0 Å². The number of nitrogens with one attached hydrogen (secondary N) is 1. The zero-order chi connectivity index (χ0) is 15.4. The molecule has 0 saturated heterocycles. The van der Waals surface area contributed by atoms with Gasteiger partial charge in [-0.25, -0.2) is 9.18 Å². The zero-order valence-electron chi connectivity index (χ0n) is 11.7. The molecule has 1 aromatic heterocycles. The van der Waals surface area contributed by atoms with Crippen molar-refractivity contribution in [1.82, 2.24) is 9.55 Å². The van der Waals surface area contributed by atoms with Gasteiger partial charge in [0.2, 0.25) is 0 Å². The van der Waals surface area contributed by atoms with E-state index < -0.39 is 17.1 Å². The third kappa shape index (κ3) is 3.42. The monoisotopic (exact) mass is 310 g/mol. The second kappa shape index (κ2) is 6.72.